The van der Waals surface area contributed by atoms with Crippen molar-refractivity contribution in [2.75, 3.05) is 0 Å². The number of rotatable bonds is 6. The number of carboxylic acid groups (broad SMARTS) is 1. The smallest absolute Gasteiger partial charge is 0.328 e. The van der Waals surface area contributed by atoms with Gasteiger partial charge in [-0.3, -0.25) is 4.79 Å². The van der Waals surface area contributed by atoms with Gasteiger partial charge in [-0.15, -0.1) is 0 Å². The van der Waals surface area contributed by atoms with Crippen LogP contribution in [0.4, 0.5) is 0 Å². The summed E-state index contributed by atoms with van der Waals surface area (Å²) in [5.41, 5.74) is -0.536. The molecule has 1 atom stereocenters. The molecule has 1 saturated carbocycles. The van der Waals surface area contributed by atoms with E-state index in [2.05, 4.69) is 5.10 Å². The number of nitrogens with zero attached hydrogens (tertiary/aromatic N) is 2. The Kier molecular flexibility index (Phi) is 5.84. The van der Waals surface area contributed by atoms with E-state index in [1.165, 1.54) is 12.3 Å². The van der Waals surface area contributed by atoms with Gasteiger partial charge in [0, 0.05) is 6.07 Å². The predicted octanol–water partition coefficient (Wildman–Crippen LogP) is 4.55. The number of carboxylic acids is 1. The normalized spacial score (nSPS) is 15.8. The fourth-order valence-electron chi connectivity index (χ4n) is 3.25. The van der Waals surface area contributed by atoms with Gasteiger partial charge in [0.1, 0.15) is 10.8 Å². The van der Waals surface area contributed by atoms with Crippen LogP contribution in [0.2, 0.25) is 10.0 Å². The molecule has 1 fully saturated rings. The molecule has 6 nitrogen and oxygen atoms in total. The Bertz CT molecular complexity index is 863. The average Bonchev–Trinajstić information content (AvgIpc) is 3.10. The maximum absolute atomic E-state index is 12.4. The molecule has 3 rings (SSSR count). The van der Waals surface area contributed by atoms with Gasteiger partial charge in [0.2, 0.25) is 0 Å². The summed E-state index contributed by atoms with van der Waals surface area (Å²) in [5, 5.41) is 14.1. The number of ether oxygens (including phenoxy) is 1. The lowest BCUT2D eigenvalue weighted by molar-refractivity contribution is -0.142. The van der Waals surface area contributed by atoms with E-state index in [1.807, 2.05) is 0 Å². The highest BCUT2D eigenvalue weighted by atomic mass is 35.5. The van der Waals surface area contributed by atoms with Crippen molar-refractivity contribution >= 4 is 29.2 Å². The molecular weight excluding hydrogens is 379 g/mol. The predicted molar refractivity (Wildman–Crippen MR) is 98.3 cm³/mol. The Morgan fingerprint density at radius 1 is 1.35 bits per heavy atom. The minimum atomic E-state index is -1.06. The van der Waals surface area contributed by atoms with Crippen LogP contribution in [0.1, 0.15) is 38.1 Å². The molecule has 0 saturated heterocycles. The third kappa shape index (κ3) is 4.19. The quantitative estimate of drug-likeness (QED) is 0.774. The van der Waals surface area contributed by atoms with Crippen LogP contribution in [0.3, 0.4) is 0 Å². The summed E-state index contributed by atoms with van der Waals surface area (Å²) >= 11 is 12.0. The first-order chi connectivity index (χ1) is 12.5. The minimum Gasteiger partial charge on any atom is -0.480 e. The topological polar surface area (TPSA) is 81.4 Å². The summed E-state index contributed by atoms with van der Waals surface area (Å²) in [6, 6.07) is 5.12. The number of aliphatic carboxylic acids is 1. The largest absolute Gasteiger partial charge is 0.480 e. The van der Waals surface area contributed by atoms with Gasteiger partial charge in [0.05, 0.1) is 11.2 Å². The molecule has 0 aliphatic heterocycles. The molecule has 1 aromatic heterocycles. The number of carbonyl (C=O) groups is 1. The van der Waals surface area contributed by atoms with Crippen molar-refractivity contribution in [1.82, 2.24) is 9.78 Å². The van der Waals surface area contributed by atoms with Crippen LogP contribution in [0.25, 0.3) is 0 Å². The molecule has 0 spiro atoms. The van der Waals surface area contributed by atoms with Crippen LogP contribution in [0.15, 0.2) is 35.3 Å². The van der Waals surface area contributed by atoms with Crippen LogP contribution < -0.4 is 10.3 Å². The second-order valence-electron chi connectivity index (χ2n) is 6.37. The van der Waals surface area contributed by atoms with Crippen molar-refractivity contribution in [2.24, 2.45) is 5.92 Å². The second kappa shape index (κ2) is 8.10. The fraction of sp³-hybridized carbons (Fsp3) is 0.389. The standard InChI is InChI=1S/C18H18Cl2N2O4/c19-13-6-3-7-15(17(13)20)26-12-9-16(23)22(21-10-12)14(18(24)25)8-11-4-1-2-5-11/h3,6-7,9-11,14H,1-2,4-5,8H2,(H,24,25). The SMILES string of the molecule is O=C(O)C(CC1CCCC1)n1ncc(Oc2cccc(Cl)c2Cl)cc1=O. The van der Waals surface area contributed by atoms with Crippen molar-refractivity contribution < 1.29 is 14.6 Å². The van der Waals surface area contributed by atoms with Crippen molar-refractivity contribution in [3.05, 3.63) is 50.9 Å². The Morgan fingerprint density at radius 2 is 2.08 bits per heavy atom. The second-order valence-corrected chi connectivity index (χ2v) is 7.15. The minimum absolute atomic E-state index is 0.167. The van der Waals surface area contributed by atoms with Gasteiger partial charge in [-0.25, -0.2) is 9.48 Å². The average molecular weight is 397 g/mol. The maximum Gasteiger partial charge on any atom is 0.328 e. The molecule has 1 unspecified atom stereocenters. The van der Waals surface area contributed by atoms with Crippen LogP contribution in [0, 0.1) is 5.92 Å². The highest BCUT2D eigenvalue weighted by Gasteiger charge is 2.28. The zero-order chi connectivity index (χ0) is 18.7. The van der Waals surface area contributed by atoms with E-state index in [4.69, 9.17) is 27.9 Å². The summed E-state index contributed by atoms with van der Waals surface area (Å²) in [4.78, 5) is 24.0. The van der Waals surface area contributed by atoms with E-state index in [0.717, 1.165) is 30.4 Å². The van der Waals surface area contributed by atoms with Gasteiger partial charge in [0.25, 0.3) is 5.56 Å². The Balaban J connectivity index is 1.82. The highest BCUT2D eigenvalue weighted by Crippen LogP contribution is 2.34. The molecule has 0 bridgehead atoms. The summed E-state index contributed by atoms with van der Waals surface area (Å²) in [7, 11) is 0. The van der Waals surface area contributed by atoms with Crippen LogP contribution in [0.5, 0.6) is 11.5 Å². The van der Waals surface area contributed by atoms with E-state index in [1.54, 1.807) is 18.2 Å². The molecule has 1 aromatic carbocycles. The lowest BCUT2D eigenvalue weighted by Gasteiger charge is -2.18. The van der Waals surface area contributed by atoms with Gasteiger partial charge in [-0.2, -0.15) is 5.10 Å². The number of hydrogen-bond acceptors (Lipinski definition) is 4. The summed E-state index contributed by atoms with van der Waals surface area (Å²) in [6.07, 6.45) is 5.91. The Labute approximate surface area is 160 Å². The molecular formula is C18H18Cl2N2O4. The fourth-order valence-corrected chi connectivity index (χ4v) is 3.58. The number of aromatic nitrogens is 2. The number of halogens is 2. The summed E-state index contributed by atoms with van der Waals surface area (Å²) in [5.74, 6) is -0.289. The van der Waals surface area contributed by atoms with E-state index >= 15 is 0 Å². The van der Waals surface area contributed by atoms with Gasteiger partial charge in [-0.1, -0.05) is 55.0 Å². The molecule has 1 heterocycles. The van der Waals surface area contributed by atoms with E-state index in [0.29, 0.717) is 23.1 Å². The van der Waals surface area contributed by atoms with Crippen molar-refractivity contribution in [2.45, 2.75) is 38.1 Å². The van der Waals surface area contributed by atoms with Crippen molar-refractivity contribution in [3.8, 4) is 11.5 Å². The maximum atomic E-state index is 12.4. The zero-order valence-electron chi connectivity index (χ0n) is 13.9. The highest BCUT2D eigenvalue weighted by molar-refractivity contribution is 6.42. The van der Waals surface area contributed by atoms with Gasteiger partial charge >= 0.3 is 5.97 Å². The summed E-state index contributed by atoms with van der Waals surface area (Å²) in [6.45, 7) is 0. The zero-order valence-corrected chi connectivity index (χ0v) is 15.4. The van der Waals surface area contributed by atoms with Crippen LogP contribution >= 0.6 is 23.2 Å². The lowest BCUT2D eigenvalue weighted by Crippen LogP contribution is -2.32. The molecule has 0 amide bonds. The number of hydrogen-bond donors (Lipinski definition) is 1. The number of benzene rings is 1. The first kappa shape index (κ1) is 18.7. The Hall–Kier alpha value is -2.05. The first-order valence-electron chi connectivity index (χ1n) is 8.39. The molecule has 8 heteroatoms. The van der Waals surface area contributed by atoms with Crippen molar-refractivity contribution in [1.29, 1.82) is 0 Å². The molecule has 138 valence electrons. The first-order valence-corrected chi connectivity index (χ1v) is 9.15. The van der Waals surface area contributed by atoms with Gasteiger partial charge < -0.3 is 9.84 Å². The van der Waals surface area contributed by atoms with Gasteiger partial charge in [-0.05, 0) is 24.5 Å². The van der Waals surface area contributed by atoms with Crippen LogP contribution in [-0.4, -0.2) is 20.9 Å². The molecule has 1 aliphatic rings. The van der Waals surface area contributed by atoms with E-state index in [-0.39, 0.29) is 10.8 Å². The molecule has 1 aliphatic carbocycles. The Morgan fingerprint density at radius 3 is 2.73 bits per heavy atom. The molecule has 0 radical (unpaired) electrons. The van der Waals surface area contributed by atoms with Crippen LogP contribution in [-0.2, 0) is 4.79 Å². The lowest BCUT2D eigenvalue weighted by atomic mass is 9.98. The third-order valence-corrected chi connectivity index (χ3v) is 5.36. The monoisotopic (exact) mass is 396 g/mol. The molecule has 1 N–H and O–H groups in total. The third-order valence-electron chi connectivity index (χ3n) is 4.56. The van der Waals surface area contributed by atoms with E-state index < -0.39 is 17.6 Å². The molecule has 26 heavy (non-hydrogen) atoms. The summed E-state index contributed by atoms with van der Waals surface area (Å²) < 4.78 is 6.57. The van der Waals surface area contributed by atoms with Gasteiger partial charge in [0.15, 0.2) is 11.8 Å². The van der Waals surface area contributed by atoms with E-state index in [9.17, 15) is 14.7 Å². The molecule has 2 aromatic rings. The van der Waals surface area contributed by atoms with Crippen molar-refractivity contribution in [3.63, 3.8) is 0 Å².